The Bertz CT molecular complexity index is 1030. The molecule has 0 N–H and O–H groups in total. The molecule has 1 amide bonds. The molecule has 28 heavy (non-hydrogen) atoms. The van der Waals surface area contributed by atoms with Gasteiger partial charge < -0.3 is 0 Å². The first-order valence-corrected chi connectivity index (χ1v) is 11.1. The summed E-state index contributed by atoms with van der Waals surface area (Å²) in [5, 5.41) is 6.34. The zero-order valence-corrected chi connectivity index (χ0v) is 19.4. The van der Waals surface area contributed by atoms with E-state index in [2.05, 4.69) is 47.8 Å². The predicted molar refractivity (Wildman–Crippen MR) is 122 cm³/mol. The Kier molecular flexibility index (Phi) is 5.80. The van der Waals surface area contributed by atoms with Crippen molar-refractivity contribution in [1.82, 2.24) is 5.01 Å². The fraction of sp³-hybridized carbons (Fsp3) is 0.0909. The van der Waals surface area contributed by atoms with Crippen molar-refractivity contribution in [3.05, 3.63) is 103 Å². The maximum absolute atomic E-state index is 13.2. The number of amides is 1. The molecule has 140 valence electrons. The summed E-state index contributed by atoms with van der Waals surface area (Å²) >= 11 is 10.4. The lowest BCUT2D eigenvalue weighted by molar-refractivity contribution is 0.0711. The van der Waals surface area contributed by atoms with E-state index in [0.717, 1.165) is 30.3 Å². The van der Waals surface area contributed by atoms with Crippen molar-refractivity contribution in [2.45, 2.75) is 12.5 Å². The van der Waals surface area contributed by atoms with Gasteiger partial charge in [0.1, 0.15) is 0 Å². The van der Waals surface area contributed by atoms with Gasteiger partial charge in [0, 0.05) is 25.4 Å². The molecular weight excluding hydrogens is 548 g/mol. The lowest BCUT2D eigenvalue weighted by atomic mass is 9.98. The number of nitrogens with zero attached hydrogens (tertiary/aromatic N) is 2. The summed E-state index contributed by atoms with van der Waals surface area (Å²) in [4.78, 5) is 13.2. The minimum absolute atomic E-state index is 0.104. The van der Waals surface area contributed by atoms with E-state index in [1.807, 2.05) is 72.8 Å². The van der Waals surface area contributed by atoms with E-state index in [1.54, 1.807) is 5.01 Å². The van der Waals surface area contributed by atoms with Gasteiger partial charge in [-0.1, -0.05) is 72.1 Å². The van der Waals surface area contributed by atoms with Gasteiger partial charge in [0.05, 0.1) is 11.8 Å². The number of hydrazone groups is 1. The molecule has 3 aromatic carbocycles. The van der Waals surface area contributed by atoms with Crippen LogP contribution in [0.25, 0.3) is 0 Å². The average Bonchev–Trinajstić information content (AvgIpc) is 3.14. The molecule has 1 heterocycles. The number of hydrogen-bond donors (Lipinski definition) is 0. The van der Waals surface area contributed by atoms with E-state index in [4.69, 9.17) is 5.10 Å². The largest absolute Gasteiger partial charge is 0.274 e. The topological polar surface area (TPSA) is 32.7 Å². The summed E-state index contributed by atoms with van der Waals surface area (Å²) in [5.74, 6) is -0.104. The minimum atomic E-state index is -0.136. The van der Waals surface area contributed by atoms with Crippen LogP contribution in [-0.4, -0.2) is 16.6 Å². The third-order valence-electron chi connectivity index (χ3n) is 4.64. The molecule has 0 bridgehead atoms. The maximum atomic E-state index is 13.2. The van der Waals surface area contributed by atoms with E-state index in [-0.39, 0.29) is 11.9 Å². The summed E-state index contributed by atoms with van der Waals surface area (Å²) in [5.41, 5.74) is 3.61. The van der Waals surface area contributed by atoms with Crippen molar-refractivity contribution in [1.29, 1.82) is 0 Å². The van der Waals surface area contributed by atoms with Crippen molar-refractivity contribution in [2.75, 3.05) is 0 Å². The third-order valence-corrected chi connectivity index (χ3v) is 6.23. The second-order valence-electron chi connectivity index (χ2n) is 6.48. The van der Waals surface area contributed by atoms with E-state index in [9.17, 15) is 4.79 Å². The molecule has 0 aromatic heterocycles. The summed E-state index contributed by atoms with van der Waals surface area (Å²) in [6.07, 6.45) is 0.672. The molecule has 0 fully saturated rings. The molecule has 1 aliphatic heterocycles. The van der Waals surface area contributed by atoms with Gasteiger partial charge in [-0.05, 0) is 59.7 Å². The number of rotatable bonds is 3. The monoisotopic (exact) mass is 560 g/mol. The third kappa shape index (κ3) is 4.14. The van der Waals surface area contributed by atoms with Gasteiger partial charge in [-0.15, -0.1) is 0 Å². The molecule has 1 atom stereocenters. The van der Waals surface area contributed by atoms with E-state index in [0.29, 0.717) is 12.0 Å². The number of hydrogen-bond acceptors (Lipinski definition) is 2. The van der Waals surface area contributed by atoms with E-state index in [1.165, 1.54) is 0 Å². The number of carbonyl (C=O) groups is 1. The van der Waals surface area contributed by atoms with Crippen LogP contribution in [0.1, 0.15) is 33.9 Å². The minimum Gasteiger partial charge on any atom is -0.267 e. The van der Waals surface area contributed by atoms with Crippen LogP contribution in [0, 0.1) is 0 Å². The van der Waals surface area contributed by atoms with Gasteiger partial charge in [0.25, 0.3) is 5.91 Å². The zero-order valence-electron chi connectivity index (χ0n) is 14.6. The smallest absolute Gasteiger partial charge is 0.267 e. The van der Waals surface area contributed by atoms with E-state index >= 15 is 0 Å². The molecule has 4 rings (SSSR count). The Labute approximate surface area is 188 Å². The van der Waals surface area contributed by atoms with Crippen LogP contribution in [0.15, 0.2) is 91.3 Å². The standard InChI is InChI=1S/C22H15Br3N2O/c23-17-7-1-14(2-8-17)20-13-21(15-3-9-18(24)10-4-15)27(26-20)22(28)16-5-11-19(25)12-6-16/h1-12,21H,13H2. The van der Waals surface area contributed by atoms with Crippen molar-refractivity contribution in [2.24, 2.45) is 5.10 Å². The summed E-state index contributed by atoms with van der Waals surface area (Å²) < 4.78 is 2.96. The lowest BCUT2D eigenvalue weighted by Crippen LogP contribution is -2.27. The summed E-state index contributed by atoms with van der Waals surface area (Å²) in [7, 11) is 0. The van der Waals surface area contributed by atoms with Crippen molar-refractivity contribution < 1.29 is 4.79 Å². The van der Waals surface area contributed by atoms with Crippen LogP contribution in [0.2, 0.25) is 0 Å². The number of halogens is 3. The first-order valence-electron chi connectivity index (χ1n) is 8.69. The first kappa shape index (κ1) is 19.6. The molecule has 1 aliphatic rings. The fourth-order valence-corrected chi connectivity index (χ4v) is 3.98. The Hall–Kier alpha value is -1.76. The van der Waals surface area contributed by atoms with Crippen molar-refractivity contribution in [3.8, 4) is 0 Å². The quantitative estimate of drug-likeness (QED) is 0.339. The molecule has 6 heteroatoms. The van der Waals surface area contributed by atoms with Crippen molar-refractivity contribution in [3.63, 3.8) is 0 Å². The molecule has 0 aliphatic carbocycles. The van der Waals surface area contributed by atoms with Crippen LogP contribution in [0.5, 0.6) is 0 Å². The van der Waals surface area contributed by atoms with Gasteiger partial charge in [0.2, 0.25) is 0 Å². The van der Waals surface area contributed by atoms with Crippen LogP contribution in [0.3, 0.4) is 0 Å². The molecule has 0 saturated carbocycles. The molecule has 3 aromatic rings. The molecular formula is C22H15Br3N2O. The summed E-state index contributed by atoms with van der Waals surface area (Å²) in [6.45, 7) is 0. The van der Waals surface area contributed by atoms with Gasteiger partial charge in [0.15, 0.2) is 0 Å². The van der Waals surface area contributed by atoms with E-state index < -0.39 is 0 Å². The molecule has 0 spiro atoms. The normalized spacial score (nSPS) is 16.2. The van der Waals surface area contributed by atoms with Gasteiger partial charge in [-0.2, -0.15) is 5.10 Å². The van der Waals surface area contributed by atoms with Gasteiger partial charge >= 0.3 is 0 Å². The second kappa shape index (κ2) is 8.31. The highest BCUT2D eigenvalue weighted by atomic mass is 79.9. The molecule has 0 radical (unpaired) electrons. The maximum Gasteiger partial charge on any atom is 0.274 e. The van der Waals surface area contributed by atoms with Gasteiger partial charge in [-0.25, -0.2) is 5.01 Å². The van der Waals surface area contributed by atoms with Gasteiger partial charge in [-0.3, -0.25) is 4.79 Å². The van der Waals surface area contributed by atoms with Crippen LogP contribution >= 0.6 is 47.8 Å². The average molecular weight is 563 g/mol. The first-order chi connectivity index (χ1) is 13.5. The predicted octanol–water partition coefficient (Wildman–Crippen LogP) is 6.97. The summed E-state index contributed by atoms with van der Waals surface area (Å²) in [6, 6.07) is 23.3. The zero-order chi connectivity index (χ0) is 19.7. The highest BCUT2D eigenvalue weighted by Gasteiger charge is 2.33. The second-order valence-corrected chi connectivity index (χ2v) is 9.23. The van der Waals surface area contributed by atoms with Crippen LogP contribution in [0.4, 0.5) is 0 Å². The number of benzene rings is 3. The Morgan fingerprint density at radius 3 is 1.86 bits per heavy atom. The Balaban J connectivity index is 1.72. The van der Waals surface area contributed by atoms with Crippen LogP contribution < -0.4 is 0 Å². The SMILES string of the molecule is O=C(c1ccc(Br)cc1)N1N=C(c2ccc(Br)cc2)CC1c1ccc(Br)cc1. The highest BCUT2D eigenvalue weighted by Crippen LogP contribution is 2.34. The highest BCUT2D eigenvalue weighted by molar-refractivity contribution is 9.11. The molecule has 1 unspecified atom stereocenters. The Morgan fingerprint density at radius 2 is 1.29 bits per heavy atom. The molecule has 0 saturated heterocycles. The molecule has 3 nitrogen and oxygen atoms in total. The number of carbonyl (C=O) groups excluding carboxylic acids is 1. The fourth-order valence-electron chi connectivity index (χ4n) is 3.18. The lowest BCUT2D eigenvalue weighted by Gasteiger charge is -2.22. The van der Waals surface area contributed by atoms with Crippen LogP contribution in [-0.2, 0) is 0 Å². The van der Waals surface area contributed by atoms with Crippen molar-refractivity contribution >= 4 is 59.4 Å². The Morgan fingerprint density at radius 1 is 0.786 bits per heavy atom.